The van der Waals surface area contributed by atoms with Crippen molar-refractivity contribution in [2.45, 2.75) is 83.0 Å². The van der Waals surface area contributed by atoms with E-state index in [0.717, 1.165) is 12.8 Å². The van der Waals surface area contributed by atoms with Crippen molar-refractivity contribution in [3.63, 3.8) is 0 Å². The molecule has 3 fully saturated rings. The van der Waals surface area contributed by atoms with Gasteiger partial charge in [0.05, 0.1) is 37.3 Å². The molecule has 2 saturated carbocycles. The van der Waals surface area contributed by atoms with E-state index in [4.69, 9.17) is 41.4 Å². The average Bonchev–Trinajstić information content (AvgIpc) is 4.00. The second kappa shape index (κ2) is 14.4. The minimum Gasteiger partial charge on any atom is -0.460 e. The second-order valence-corrected chi connectivity index (χ2v) is 15.0. The molecular formula is C40H44O13. The van der Waals surface area contributed by atoms with Crippen LogP contribution in [0.1, 0.15) is 108 Å². The summed E-state index contributed by atoms with van der Waals surface area (Å²) in [6.07, 6.45) is 9.04. The van der Waals surface area contributed by atoms with E-state index in [1.165, 1.54) is 43.3 Å². The molecule has 1 aliphatic heterocycles. The van der Waals surface area contributed by atoms with Crippen LogP contribution >= 0.6 is 0 Å². The molecule has 1 saturated heterocycles. The van der Waals surface area contributed by atoms with Gasteiger partial charge in [-0.15, -0.1) is 0 Å². The van der Waals surface area contributed by atoms with Crippen LogP contribution < -0.4 is 0 Å². The molecule has 1 spiro atoms. The number of hydrogen-bond donors (Lipinski definition) is 0. The zero-order valence-corrected chi connectivity index (χ0v) is 30.0. The number of rotatable bonds is 12. The van der Waals surface area contributed by atoms with Gasteiger partial charge in [-0.25, -0.2) is 19.2 Å². The fraction of sp³-hybridized carbons (Fsp3) is 0.500. The van der Waals surface area contributed by atoms with Crippen molar-refractivity contribution in [1.29, 1.82) is 0 Å². The first kappa shape index (κ1) is 36.3. The van der Waals surface area contributed by atoms with Gasteiger partial charge in [-0.2, -0.15) is 0 Å². The zero-order chi connectivity index (χ0) is 37.3. The number of ether oxygens (including phenoxy) is 5. The van der Waals surface area contributed by atoms with Crippen LogP contribution in [0, 0.1) is 22.7 Å². The lowest BCUT2D eigenvalue weighted by Crippen LogP contribution is -2.67. The van der Waals surface area contributed by atoms with Gasteiger partial charge in [-0.05, 0) is 98.9 Å². The molecule has 0 aromatic carbocycles. The third-order valence-electron chi connectivity index (χ3n) is 12.1. The summed E-state index contributed by atoms with van der Waals surface area (Å²) in [7, 11) is 0. The minimum absolute atomic E-state index is 0.00626. The van der Waals surface area contributed by atoms with Gasteiger partial charge in [-0.1, -0.05) is 20.8 Å². The van der Waals surface area contributed by atoms with Crippen molar-refractivity contribution in [2.24, 2.45) is 22.7 Å². The fourth-order valence-electron chi connectivity index (χ4n) is 9.37. The summed E-state index contributed by atoms with van der Waals surface area (Å²) in [5.74, 6) is -2.19. The van der Waals surface area contributed by atoms with Crippen molar-refractivity contribution in [3.8, 4) is 0 Å². The lowest BCUT2D eigenvalue weighted by molar-refractivity contribution is -0.271. The zero-order valence-electron chi connectivity index (χ0n) is 30.0. The molecule has 0 unspecified atom stereocenters. The number of carbonyl (C=O) groups is 4. The highest BCUT2D eigenvalue weighted by atomic mass is 16.6. The number of fused-ring (bicyclic) bond motifs is 2. The molecule has 3 aliphatic rings. The van der Waals surface area contributed by atoms with Crippen LogP contribution in [0.15, 0.2) is 91.3 Å². The lowest BCUT2D eigenvalue weighted by atomic mass is 9.43. The van der Waals surface area contributed by atoms with E-state index in [-0.39, 0.29) is 61.1 Å². The van der Waals surface area contributed by atoms with Gasteiger partial charge in [0.25, 0.3) is 0 Å². The first-order valence-electron chi connectivity index (χ1n) is 18.1. The van der Waals surface area contributed by atoms with Crippen molar-refractivity contribution < 1.29 is 60.5 Å². The van der Waals surface area contributed by atoms with Crippen molar-refractivity contribution >= 4 is 23.9 Å². The van der Waals surface area contributed by atoms with E-state index < -0.39 is 52.0 Å². The van der Waals surface area contributed by atoms with E-state index in [9.17, 15) is 19.2 Å². The summed E-state index contributed by atoms with van der Waals surface area (Å²) in [4.78, 5) is 52.1. The summed E-state index contributed by atoms with van der Waals surface area (Å²) in [5.41, 5.74) is -3.08. The molecule has 4 aromatic heterocycles. The largest absolute Gasteiger partial charge is 0.460 e. The molecule has 5 heterocycles. The third-order valence-corrected chi connectivity index (χ3v) is 12.1. The molecule has 4 aromatic rings. The molecule has 53 heavy (non-hydrogen) atoms. The van der Waals surface area contributed by atoms with Crippen LogP contribution in [0.5, 0.6) is 0 Å². The van der Waals surface area contributed by atoms with E-state index in [1.807, 2.05) is 6.92 Å². The highest BCUT2D eigenvalue weighted by Crippen LogP contribution is 2.68. The summed E-state index contributed by atoms with van der Waals surface area (Å²) in [5, 5.41) is 0. The molecule has 2 aliphatic carbocycles. The maximum atomic E-state index is 13.3. The highest BCUT2D eigenvalue weighted by molar-refractivity contribution is 5.87. The smallest absolute Gasteiger partial charge is 0.374 e. The lowest BCUT2D eigenvalue weighted by Gasteiger charge is -2.65. The summed E-state index contributed by atoms with van der Waals surface area (Å²) >= 11 is 0. The fourth-order valence-corrected chi connectivity index (χ4v) is 9.37. The summed E-state index contributed by atoms with van der Waals surface area (Å²) in [6, 6.07) is 12.6. The van der Waals surface area contributed by atoms with Crippen molar-refractivity contribution in [2.75, 3.05) is 19.8 Å². The number of esters is 4. The molecule has 13 nitrogen and oxygen atoms in total. The molecule has 13 heteroatoms. The topological polar surface area (TPSA) is 167 Å². The van der Waals surface area contributed by atoms with E-state index in [1.54, 1.807) is 30.3 Å². The van der Waals surface area contributed by atoms with E-state index in [0.29, 0.717) is 25.7 Å². The molecule has 0 bridgehead atoms. The molecule has 0 amide bonds. The molecule has 0 N–H and O–H groups in total. The van der Waals surface area contributed by atoms with E-state index >= 15 is 0 Å². The Morgan fingerprint density at radius 1 is 0.660 bits per heavy atom. The predicted molar refractivity (Wildman–Crippen MR) is 183 cm³/mol. The molecule has 7 atom stereocenters. The first-order chi connectivity index (χ1) is 25.5. The van der Waals surface area contributed by atoms with Crippen LogP contribution in [0.4, 0.5) is 0 Å². The third kappa shape index (κ3) is 6.71. The van der Waals surface area contributed by atoms with Gasteiger partial charge in [0.15, 0.2) is 0 Å². The molecule has 0 radical (unpaired) electrons. The Bertz CT molecular complexity index is 1860. The minimum atomic E-state index is -1.00. The standard InChI is InChI=1S/C40H44O13/c1-26-12-13-31-37(2,24-50-34(42)28-9-5-20-46-28)32(52-36(44)30-11-7-22-48-30)14-15-38(31,3)40(26)17-16-39(53-40,25-51-35(43)29-10-6-21-47-29)18-23-49-33(41)27-8-4-19-45-27/h4-11,19-22,26,31-32H,12-18,23-25H2,1-3H3/t26-,31+,32+,37+,38+,39+,40+/m1/s1. The van der Waals surface area contributed by atoms with Gasteiger partial charge < -0.3 is 41.4 Å². The van der Waals surface area contributed by atoms with Gasteiger partial charge in [0, 0.05) is 17.3 Å². The van der Waals surface area contributed by atoms with Crippen LogP contribution in [0.3, 0.4) is 0 Å². The summed E-state index contributed by atoms with van der Waals surface area (Å²) in [6.45, 7) is 6.26. The number of hydrogen-bond acceptors (Lipinski definition) is 13. The average molecular weight is 733 g/mol. The summed E-state index contributed by atoms with van der Waals surface area (Å²) < 4.78 is 52.1. The van der Waals surface area contributed by atoms with Crippen LogP contribution in [0.2, 0.25) is 0 Å². The predicted octanol–water partition coefficient (Wildman–Crippen LogP) is 7.69. The van der Waals surface area contributed by atoms with Crippen LogP contribution in [0.25, 0.3) is 0 Å². The normalized spacial score (nSPS) is 30.7. The van der Waals surface area contributed by atoms with Crippen LogP contribution in [-0.4, -0.2) is 61.0 Å². The van der Waals surface area contributed by atoms with Gasteiger partial charge in [0.2, 0.25) is 23.0 Å². The monoisotopic (exact) mass is 732 g/mol. The Kier molecular flexibility index (Phi) is 9.88. The first-order valence-corrected chi connectivity index (χ1v) is 18.1. The van der Waals surface area contributed by atoms with Crippen LogP contribution in [-0.2, 0) is 23.7 Å². The molecule has 282 valence electrons. The Labute approximate surface area is 306 Å². The maximum absolute atomic E-state index is 13.3. The van der Waals surface area contributed by atoms with Gasteiger partial charge >= 0.3 is 23.9 Å². The van der Waals surface area contributed by atoms with Gasteiger partial charge in [-0.3, -0.25) is 0 Å². The quantitative estimate of drug-likeness (QED) is 0.103. The Hall–Kier alpha value is -5.04. The molecular weight excluding hydrogens is 688 g/mol. The highest BCUT2D eigenvalue weighted by Gasteiger charge is 2.70. The number of furan rings is 4. The maximum Gasteiger partial charge on any atom is 0.374 e. The SMILES string of the molecule is C[C@@H]1CC[C@H]2[C@](C)(COC(=O)c3ccco3)[C@@H](OC(=O)c3ccco3)CC[C@]2(C)[C@]12CC[C@](CCOC(=O)c1ccco1)(COC(=O)c1ccco1)O2. The Morgan fingerprint density at radius 3 is 1.74 bits per heavy atom. The van der Waals surface area contributed by atoms with E-state index in [2.05, 4.69) is 13.8 Å². The van der Waals surface area contributed by atoms with Gasteiger partial charge in [0.1, 0.15) is 24.9 Å². The Balaban J connectivity index is 1.18. The van der Waals surface area contributed by atoms with Crippen molar-refractivity contribution in [3.05, 3.63) is 96.6 Å². The molecule has 7 rings (SSSR count). The second-order valence-electron chi connectivity index (χ2n) is 15.0. The Morgan fingerprint density at radius 2 is 1.19 bits per heavy atom. The number of carbonyl (C=O) groups excluding carboxylic acids is 4. The van der Waals surface area contributed by atoms with Crippen molar-refractivity contribution in [1.82, 2.24) is 0 Å².